The van der Waals surface area contributed by atoms with Gasteiger partial charge in [0.2, 0.25) is 0 Å². The van der Waals surface area contributed by atoms with E-state index >= 15 is 0 Å². The zero-order valence-electron chi connectivity index (χ0n) is 10.2. The maximum Gasteiger partial charge on any atom is 0.266 e. The first-order valence-electron chi connectivity index (χ1n) is 6.12. The molecule has 0 aliphatic carbocycles. The van der Waals surface area contributed by atoms with Crippen LogP contribution in [0.5, 0.6) is 0 Å². The summed E-state index contributed by atoms with van der Waals surface area (Å²) in [7, 11) is 0. The van der Waals surface area contributed by atoms with Gasteiger partial charge in [-0.05, 0) is 26.2 Å². The second kappa shape index (κ2) is 4.07. The molecule has 17 heavy (non-hydrogen) atoms. The van der Waals surface area contributed by atoms with Crippen molar-refractivity contribution in [3.8, 4) is 0 Å². The van der Waals surface area contributed by atoms with Crippen LogP contribution in [0.1, 0.15) is 26.8 Å². The molecule has 0 saturated carbocycles. The van der Waals surface area contributed by atoms with Gasteiger partial charge >= 0.3 is 0 Å². The summed E-state index contributed by atoms with van der Waals surface area (Å²) in [5.74, 6) is 0.845. The largest absolute Gasteiger partial charge is 0.333 e. The van der Waals surface area contributed by atoms with Gasteiger partial charge in [0.1, 0.15) is 4.88 Å². The van der Waals surface area contributed by atoms with Crippen molar-refractivity contribution in [1.29, 1.82) is 0 Å². The van der Waals surface area contributed by atoms with Crippen molar-refractivity contribution < 1.29 is 4.79 Å². The van der Waals surface area contributed by atoms with Gasteiger partial charge in [0.05, 0.1) is 10.7 Å². The lowest BCUT2D eigenvalue weighted by molar-refractivity contribution is 0.0741. The van der Waals surface area contributed by atoms with Crippen LogP contribution in [0.25, 0.3) is 0 Å². The van der Waals surface area contributed by atoms with Crippen molar-refractivity contribution in [2.45, 2.75) is 26.3 Å². The van der Waals surface area contributed by atoms with Crippen molar-refractivity contribution in [3.63, 3.8) is 0 Å². The minimum absolute atomic E-state index is 0.185. The Morgan fingerprint density at radius 3 is 3.00 bits per heavy atom. The number of amides is 1. The molecule has 0 spiro atoms. The van der Waals surface area contributed by atoms with E-state index in [0.29, 0.717) is 12.0 Å². The van der Waals surface area contributed by atoms with Gasteiger partial charge in [0.15, 0.2) is 0 Å². The normalized spacial score (nSPS) is 27.5. The minimum Gasteiger partial charge on any atom is -0.333 e. The third kappa shape index (κ3) is 1.77. The number of aryl methyl sites for hydroxylation is 2. The highest BCUT2D eigenvalue weighted by molar-refractivity contribution is 7.13. The Hall–Kier alpha value is -0.940. The van der Waals surface area contributed by atoms with E-state index in [1.807, 2.05) is 18.7 Å². The third-order valence-electron chi connectivity index (χ3n) is 3.80. The van der Waals surface area contributed by atoms with Crippen LogP contribution in [-0.2, 0) is 0 Å². The topological polar surface area (TPSA) is 45.2 Å². The first-order chi connectivity index (χ1) is 8.16. The summed E-state index contributed by atoms with van der Waals surface area (Å²) in [6.45, 7) is 6.81. The molecule has 3 heterocycles. The molecule has 3 rings (SSSR count). The van der Waals surface area contributed by atoms with E-state index in [-0.39, 0.29) is 5.91 Å². The molecule has 2 saturated heterocycles. The van der Waals surface area contributed by atoms with Crippen LogP contribution in [-0.4, -0.2) is 41.5 Å². The Morgan fingerprint density at radius 2 is 2.29 bits per heavy atom. The highest BCUT2D eigenvalue weighted by Crippen LogP contribution is 2.30. The highest BCUT2D eigenvalue weighted by atomic mass is 32.1. The lowest BCUT2D eigenvalue weighted by Crippen LogP contribution is -2.38. The summed E-state index contributed by atoms with van der Waals surface area (Å²) >= 11 is 1.52. The van der Waals surface area contributed by atoms with Crippen molar-refractivity contribution in [1.82, 2.24) is 15.2 Å². The summed E-state index contributed by atoms with van der Waals surface area (Å²) in [5.41, 5.74) is 0.881. The number of nitrogens with one attached hydrogen (secondary N) is 1. The van der Waals surface area contributed by atoms with Gasteiger partial charge in [-0.25, -0.2) is 4.98 Å². The smallest absolute Gasteiger partial charge is 0.266 e. The van der Waals surface area contributed by atoms with E-state index in [1.54, 1.807) is 0 Å². The average molecular weight is 251 g/mol. The molecule has 0 bridgehead atoms. The van der Waals surface area contributed by atoms with Crippen LogP contribution in [0.15, 0.2) is 0 Å². The molecule has 2 aliphatic heterocycles. The summed E-state index contributed by atoms with van der Waals surface area (Å²) < 4.78 is 0. The van der Waals surface area contributed by atoms with Crippen LogP contribution < -0.4 is 5.32 Å². The lowest BCUT2D eigenvalue weighted by Gasteiger charge is -2.22. The molecule has 0 aromatic carbocycles. The maximum atomic E-state index is 12.5. The molecule has 1 N–H and O–H groups in total. The van der Waals surface area contributed by atoms with Crippen molar-refractivity contribution in [2.75, 3.05) is 19.6 Å². The molecule has 0 unspecified atom stereocenters. The van der Waals surface area contributed by atoms with E-state index < -0.39 is 0 Å². The second-order valence-corrected chi connectivity index (χ2v) is 6.12. The number of nitrogens with zero attached hydrogens (tertiary/aromatic N) is 2. The number of likely N-dealkylation sites (tertiary alicyclic amines) is 1. The summed E-state index contributed by atoms with van der Waals surface area (Å²) in [5, 5.41) is 4.35. The quantitative estimate of drug-likeness (QED) is 0.815. The number of hydrogen-bond donors (Lipinski definition) is 1. The summed E-state index contributed by atoms with van der Waals surface area (Å²) in [4.78, 5) is 19.7. The molecule has 4 nitrogen and oxygen atoms in total. The predicted octanol–water partition coefficient (Wildman–Crippen LogP) is 1.19. The van der Waals surface area contributed by atoms with Gasteiger partial charge < -0.3 is 10.2 Å². The van der Waals surface area contributed by atoms with Crippen LogP contribution >= 0.6 is 11.3 Å². The summed E-state index contributed by atoms with van der Waals surface area (Å²) in [6.07, 6.45) is 1.14. The number of hydrogen-bond acceptors (Lipinski definition) is 4. The highest BCUT2D eigenvalue weighted by Gasteiger charge is 2.40. The van der Waals surface area contributed by atoms with E-state index in [9.17, 15) is 4.79 Å². The Labute approximate surface area is 105 Å². The zero-order chi connectivity index (χ0) is 12.0. The molecule has 1 aromatic rings. The van der Waals surface area contributed by atoms with Gasteiger partial charge in [-0.2, -0.15) is 0 Å². The molecule has 2 atom stereocenters. The molecular formula is C12H17N3OS. The van der Waals surface area contributed by atoms with Gasteiger partial charge in [-0.15, -0.1) is 11.3 Å². The number of fused-ring (bicyclic) bond motifs is 1. The fourth-order valence-electron chi connectivity index (χ4n) is 2.96. The van der Waals surface area contributed by atoms with Gasteiger partial charge in [0.25, 0.3) is 5.91 Å². The van der Waals surface area contributed by atoms with Gasteiger partial charge in [-0.1, -0.05) is 0 Å². The fraction of sp³-hybridized carbons (Fsp3) is 0.667. The predicted molar refractivity (Wildman–Crippen MR) is 67.4 cm³/mol. The number of thiazole rings is 1. The fourth-order valence-corrected chi connectivity index (χ4v) is 3.84. The average Bonchev–Trinajstić information content (AvgIpc) is 2.91. The first kappa shape index (κ1) is 11.2. The molecule has 92 valence electrons. The molecule has 0 radical (unpaired) electrons. The number of carbonyl (C=O) groups is 1. The Balaban J connectivity index is 1.85. The number of rotatable bonds is 1. The van der Waals surface area contributed by atoms with E-state index in [2.05, 4.69) is 10.3 Å². The standard InChI is InChI=1S/C12H17N3OS/c1-7-11(17-8(2)14-7)12(16)15-4-3-9-5-13-6-10(9)15/h9-10,13H,3-6H2,1-2H3/t9-,10+/m0/s1. The molecule has 1 aromatic heterocycles. The Kier molecular flexibility index (Phi) is 2.67. The van der Waals surface area contributed by atoms with Crippen molar-refractivity contribution in [3.05, 3.63) is 15.6 Å². The Morgan fingerprint density at radius 1 is 1.47 bits per heavy atom. The van der Waals surface area contributed by atoms with Gasteiger partial charge in [0, 0.05) is 25.7 Å². The molecular weight excluding hydrogens is 234 g/mol. The zero-order valence-corrected chi connectivity index (χ0v) is 11.0. The lowest BCUT2D eigenvalue weighted by atomic mass is 10.1. The van der Waals surface area contributed by atoms with E-state index in [4.69, 9.17) is 0 Å². The van der Waals surface area contributed by atoms with E-state index in [1.165, 1.54) is 11.3 Å². The molecule has 5 heteroatoms. The van der Waals surface area contributed by atoms with Crippen LogP contribution in [0, 0.1) is 19.8 Å². The maximum absolute atomic E-state index is 12.5. The Bertz CT molecular complexity index is 457. The summed E-state index contributed by atoms with van der Waals surface area (Å²) in [6, 6.07) is 0.407. The second-order valence-electron chi connectivity index (χ2n) is 4.92. The van der Waals surface area contributed by atoms with Crippen molar-refractivity contribution in [2.24, 2.45) is 5.92 Å². The van der Waals surface area contributed by atoms with Crippen LogP contribution in [0.2, 0.25) is 0 Å². The number of carbonyl (C=O) groups excluding carboxylic acids is 1. The monoisotopic (exact) mass is 251 g/mol. The van der Waals surface area contributed by atoms with Crippen LogP contribution in [0.3, 0.4) is 0 Å². The van der Waals surface area contributed by atoms with Crippen molar-refractivity contribution >= 4 is 17.2 Å². The molecule has 1 amide bonds. The SMILES string of the molecule is Cc1nc(C)c(C(=O)N2CC[C@H]3CNC[C@H]32)s1. The molecule has 2 aliphatic rings. The van der Waals surface area contributed by atoms with Crippen LogP contribution in [0.4, 0.5) is 0 Å². The third-order valence-corrected chi connectivity index (χ3v) is 4.86. The van der Waals surface area contributed by atoms with Gasteiger partial charge in [-0.3, -0.25) is 4.79 Å². The van der Waals surface area contributed by atoms with E-state index in [0.717, 1.165) is 41.6 Å². The first-order valence-corrected chi connectivity index (χ1v) is 6.94. The number of aromatic nitrogens is 1. The minimum atomic E-state index is 0.185. The molecule has 2 fully saturated rings.